The molecule has 0 saturated heterocycles. The number of halogens is 1. The molecule has 2 N–H and O–H groups in total. The Labute approximate surface area is 171 Å². The van der Waals surface area contributed by atoms with Crippen LogP contribution in [0, 0.1) is 5.82 Å². The first-order chi connectivity index (χ1) is 14.1. The van der Waals surface area contributed by atoms with Crippen LogP contribution in [-0.2, 0) is 13.5 Å². The van der Waals surface area contributed by atoms with E-state index in [1.807, 2.05) is 48.1 Å². The molecule has 5 nitrogen and oxygen atoms in total. The summed E-state index contributed by atoms with van der Waals surface area (Å²) in [6.07, 6.45) is 4.96. The van der Waals surface area contributed by atoms with Gasteiger partial charge in [-0.1, -0.05) is 37.6 Å². The van der Waals surface area contributed by atoms with E-state index in [2.05, 4.69) is 17.2 Å². The zero-order valence-electron chi connectivity index (χ0n) is 16.9. The monoisotopic (exact) mass is 397 g/mol. The van der Waals surface area contributed by atoms with Gasteiger partial charge < -0.3 is 19.7 Å². The summed E-state index contributed by atoms with van der Waals surface area (Å²) in [6, 6.07) is 14.0. The van der Waals surface area contributed by atoms with Gasteiger partial charge in [0.15, 0.2) is 0 Å². The van der Waals surface area contributed by atoms with E-state index in [1.165, 1.54) is 17.7 Å². The standard InChI is InChI=1S/C23H28FN3O2/c1-3-5-17-8-10-21(11-9-17)29-16-20(28)15-26-22(23-25-12-13-27(23)2)18-6-4-7-19(24)14-18/h4,6-14,20,22,26,28H,3,5,15-16H2,1-2H3. The number of imidazole rings is 1. The van der Waals surface area contributed by atoms with Crippen molar-refractivity contribution in [3.63, 3.8) is 0 Å². The Morgan fingerprint density at radius 2 is 2.00 bits per heavy atom. The summed E-state index contributed by atoms with van der Waals surface area (Å²) in [5.74, 6) is 1.17. The highest BCUT2D eigenvalue weighted by atomic mass is 19.1. The van der Waals surface area contributed by atoms with Crippen LogP contribution in [-0.4, -0.2) is 33.9 Å². The summed E-state index contributed by atoms with van der Waals surface area (Å²) in [4.78, 5) is 4.38. The number of hydrogen-bond acceptors (Lipinski definition) is 4. The maximum Gasteiger partial charge on any atom is 0.130 e. The van der Waals surface area contributed by atoms with Crippen LogP contribution in [0.15, 0.2) is 60.9 Å². The minimum absolute atomic E-state index is 0.163. The van der Waals surface area contributed by atoms with Crippen molar-refractivity contribution < 1.29 is 14.2 Å². The molecule has 0 aliphatic heterocycles. The van der Waals surface area contributed by atoms with E-state index in [0.717, 1.165) is 30.0 Å². The Morgan fingerprint density at radius 3 is 2.66 bits per heavy atom. The van der Waals surface area contributed by atoms with Crippen molar-refractivity contribution in [3.8, 4) is 5.75 Å². The quantitative estimate of drug-likeness (QED) is 0.549. The average molecular weight is 397 g/mol. The third-order valence-corrected chi connectivity index (χ3v) is 4.76. The predicted molar refractivity (Wildman–Crippen MR) is 111 cm³/mol. The fourth-order valence-electron chi connectivity index (χ4n) is 3.25. The molecule has 0 spiro atoms. The van der Waals surface area contributed by atoms with Gasteiger partial charge in [-0.25, -0.2) is 9.37 Å². The lowest BCUT2D eigenvalue weighted by Gasteiger charge is -2.21. The number of rotatable bonds is 10. The van der Waals surface area contributed by atoms with Gasteiger partial charge in [0, 0.05) is 26.0 Å². The van der Waals surface area contributed by atoms with Crippen LogP contribution in [0.5, 0.6) is 5.75 Å². The molecule has 2 unspecified atom stereocenters. The molecule has 29 heavy (non-hydrogen) atoms. The molecule has 0 saturated carbocycles. The molecule has 6 heteroatoms. The van der Waals surface area contributed by atoms with Gasteiger partial charge in [0.05, 0.1) is 6.04 Å². The number of hydrogen-bond donors (Lipinski definition) is 2. The fraction of sp³-hybridized carbons (Fsp3) is 0.348. The highest BCUT2D eigenvalue weighted by Gasteiger charge is 2.20. The molecule has 0 bridgehead atoms. The van der Waals surface area contributed by atoms with Crippen LogP contribution in [0.3, 0.4) is 0 Å². The molecular formula is C23H28FN3O2. The predicted octanol–water partition coefficient (Wildman–Crippen LogP) is 3.63. The van der Waals surface area contributed by atoms with Crippen LogP contribution in [0.25, 0.3) is 0 Å². The molecule has 3 rings (SSSR count). The maximum absolute atomic E-state index is 13.7. The Morgan fingerprint density at radius 1 is 1.21 bits per heavy atom. The van der Waals surface area contributed by atoms with E-state index < -0.39 is 6.10 Å². The van der Waals surface area contributed by atoms with E-state index in [9.17, 15) is 9.50 Å². The van der Waals surface area contributed by atoms with Crippen molar-refractivity contribution in [2.24, 2.45) is 7.05 Å². The van der Waals surface area contributed by atoms with E-state index in [4.69, 9.17) is 4.74 Å². The first-order valence-corrected chi connectivity index (χ1v) is 9.92. The Kier molecular flexibility index (Phi) is 7.38. The van der Waals surface area contributed by atoms with E-state index in [1.54, 1.807) is 12.3 Å². The lowest BCUT2D eigenvalue weighted by Crippen LogP contribution is -2.35. The molecule has 3 aromatic rings. The highest BCUT2D eigenvalue weighted by molar-refractivity contribution is 5.28. The summed E-state index contributed by atoms with van der Waals surface area (Å²) in [5, 5.41) is 13.7. The van der Waals surface area contributed by atoms with Gasteiger partial charge in [-0.3, -0.25) is 0 Å². The maximum atomic E-state index is 13.7. The second-order valence-corrected chi connectivity index (χ2v) is 7.15. The molecule has 0 fully saturated rings. The number of nitrogens with one attached hydrogen (secondary N) is 1. The third kappa shape index (κ3) is 5.89. The van der Waals surface area contributed by atoms with Gasteiger partial charge in [-0.15, -0.1) is 0 Å². The van der Waals surface area contributed by atoms with Crippen molar-refractivity contribution in [3.05, 3.63) is 83.7 Å². The number of ether oxygens (including phenoxy) is 1. The Hall–Kier alpha value is -2.70. The lowest BCUT2D eigenvalue weighted by molar-refractivity contribution is 0.104. The second kappa shape index (κ2) is 10.2. The van der Waals surface area contributed by atoms with Gasteiger partial charge in [-0.05, 0) is 41.8 Å². The molecule has 154 valence electrons. The number of nitrogens with zero attached hydrogens (tertiary/aromatic N) is 2. The van der Waals surface area contributed by atoms with Crippen LogP contribution in [0.4, 0.5) is 4.39 Å². The molecule has 2 aromatic carbocycles. The Bertz CT molecular complexity index is 895. The molecule has 2 atom stereocenters. The Balaban J connectivity index is 1.59. The van der Waals surface area contributed by atoms with E-state index in [-0.39, 0.29) is 25.0 Å². The van der Waals surface area contributed by atoms with E-state index in [0.29, 0.717) is 0 Å². The number of aliphatic hydroxyl groups is 1. The van der Waals surface area contributed by atoms with Gasteiger partial charge in [0.25, 0.3) is 0 Å². The highest BCUT2D eigenvalue weighted by Crippen LogP contribution is 2.21. The number of benzene rings is 2. The van der Waals surface area contributed by atoms with Crippen LogP contribution < -0.4 is 10.1 Å². The first kappa shape index (κ1) is 21.0. The zero-order valence-corrected chi connectivity index (χ0v) is 16.9. The molecule has 1 aromatic heterocycles. The SMILES string of the molecule is CCCc1ccc(OCC(O)CNC(c2cccc(F)c2)c2nccn2C)cc1. The van der Waals surface area contributed by atoms with E-state index >= 15 is 0 Å². The summed E-state index contributed by atoms with van der Waals surface area (Å²) in [5.41, 5.74) is 2.02. The fourth-order valence-corrected chi connectivity index (χ4v) is 3.25. The van der Waals surface area contributed by atoms with Gasteiger partial charge in [0.1, 0.15) is 30.1 Å². The molecular weight excluding hydrogens is 369 g/mol. The topological polar surface area (TPSA) is 59.3 Å². The summed E-state index contributed by atoms with van der Waals surface area (Å²) in [7, 11) is 1.89. The molecule has 0 aliphatic carbocycles. The number of aryl methyl sites for hydroxylation is 2. The molecule has 0 aliphatic rings. The van der Waals surface area contributed by atoms with Crippen molar-refractivity contribution in [1.82, 2.24) is 14.9 Å². The molecule has 0 radical (unpaired) electrons. The normalized spacial score (nSPS) is 13.2. The van der Waals surface area contributed by atoms with Crippen LogP contribution in [0.2, 0.25) is 0 Å². The third-order valence-electron chi connectivity index (χ3n) is 4.76. The van der Waals surface area contributed by atoms with Crippen molar-refractivity contribution in [1.29, 1.82) is 0 Å². The smallest absolute Gasteiger partial charge is 0.130 e. The minimum Gasteiger partial charge on any atom is -0.491 e. The van der Waals surface area contributed by atoms with Crippen molar-refractivity contribution >= 4 is 0 Å². The molecule has 1 heterocycles. The van der Waals surface area contributed by atoms with Crippen molar-refractivity contribution in [2.75, 3.05) is 13.2 Å². The largest absolute Gasteiger partial charge is 0.491 e. The zero-order chi connectivity index (χ0) is 20.6. The molecule has 0 amide bonds. The summed E-state index contributed by atoms with van der Waals surface area (Å²) < 4.78 is 21.3. The second-order valence-electron chi connectivity index (χ2n) is 7.15. The summed E-state index contributed by atoms with van der Waals surface area (Å²) in [6.45, 7) is 2.59. The minimum atomic E-state index is -0.721. The van der Waals surface area contributed by atoms with Crippen LogP contribution >= 0.6 is 0 Å². The van der Waals surface area contributed by atoms with Gasteiger partial charge >= 0.3 is 0 Å². The van der Waals surface area contributed by atoms with Crippen molar-refractivity contribution in [2.45, 2.75) is 31.9 Å². The number of aromatic nitrogens is 2. The van der Waals surface area contributed by atoms with Gasteiger partial charge in [-0.2, -0.15) is 0 Å². The summed E-state index contributed by atoms with van der Waals surface area (Å²) >= 11 is 0. The van der Waals surface area contributed by atoms with Crippen LogP contribution in [0.1, 0.15) is 36.3 Å². The number of aliphatic hydroxyl groups excluding tert-OH is 1. The van der Waals surface area contributed by atoms with Gasteiger partial charge in [0.2, 0.25) is 0 Å². The lowest BCUT2D eigenvalue weighted by atomic mass is 10.1. The first-order valence-electron chi connectivity index (χ1n) is 9.92. The average Bonchev–Trinajstić information content (AvgIpc) is 3.14.